The van der Waals surface area contributed by atoms with Crippen molar-refractivity contribution in [1.29, 1.82) is 0 Å². The lowest BCUT2D eigenvalue weighted by atomic mass is 9.86. The van der Waals surface area contributed by atoms with Crippen molar-refractivity contribution in [3.8, 4) is 11.3 Å². The lowest BCUT2D eigenvalue weighted by Gasteiger charge is -2.20. The van der Waals surface area contributed by atoms with Gasteiger partial charge in [0.05, 0.1) is 5.69 Å². The molecule has 1 unspecified atom stereocenters. The van der Waals surface area contributed by atoms with Crippen molar-refractivity contribution in [3.05, 3.63) is 38.6 Å². The van der Waals surface area contributed by atoms with Gasteiger partial charge in [0.1, 0.15) is 0 Å². The second-order valence-electron chi connectivity index (χ2n) is 3.93. The van der Waals surface area contributed by atoms with Crippen LogP contribution in [0.1, 0.15) is 23.3 Å². The van der Waals surface area contributed by atoms with Crippen LogP contribution in [0.15, 0.2) is 28.2 Å². The van der Waals surface area contributed by atoms with Crippen LogP contribution in [0.3, 0.4) is 0 Å². The first-order chi connectivity index (χ1) is 7.25. The molecule has 0 radical (unpaired) electrons. The van der Waals surface area contributed by atoms with E-state index in [-0.39, 0.29) is 0 Å². The number of hydrogen-bond donors (Lipinski definition) is 0. The van der Waals surface area contributed by atoms with E-state index in [9.17, 15) is 0 Å². The van der Waals surface area contributed by atoms with Gasteiger partial charge in [-0.15, -0.1) is 11.3 Å². The SMILES string of the molecule is CC1Cc2sc(Br)nc2-c2ccccc21. The molecule has 0 fully saturated rings. The van der Waals surface area contributed by atoms with E-state index in [4.69, 9.17) is 0 Å². The molecule has 1 aliphatic rings. The van der Waals surface area contributed by atoms with E-state index >= 15 is 0 Å². The molecule has 0 N–H and O–H groups in total. The van der Waals surface area contributed by atoms with E-state index in [0.29, 0.717) is 5.92 Å². The Kier molecular flexibility index (Phi) is 2.18. The first-order valence-corrected chi connectivity index (χ1v) is 6.61. The van der Waals surface area contributed by atoms with Crippen LogP contribution in [0, 0.1) is 0 Å². The molecule has 1 aromatic heterocycles. The molecule has 1 heterocycles. The Hall–Kier alpha value is -0.670. The molecule has 0 saturated carbocycles. The average Bonchev–Trinajstić information content (AvgIpc) is 2.59. The van der Waals surface area contributed by atoms with Gasteiger partial charge in [-0.3, -0.25) is 0 Å². The van der Waals surface area contributed by atoms with E-state index in [1.54, 1.807) is 11.3 Å². The maximum atomic E-state index is 4.56. The number of rotatable bonds is 0. The predicted molar refractivity (Wildman–Crippen MR) is 67.4 cm³/mol. The first-order valence-electron chi connectivity index (χ1n) is 5.00. The zero-order valence-electron chi connectivity index (χ0n) is 8.33. The van der Waals surface area contributed by atoms with E-state index in [1.165, 1.54) is 21.7 Å². The van der Waals surface area contributed by atoms with Crippen molar-refractivity contribution < 1.29 is 0 Å². The Morgan fingerprint density at radius 3 is 3.07 bits per heavy atom. The molecule has 1 nitrogen and oxygen atoms in total. The minimum atomic E-state index is 0.612. The van der Waals surface area contributed by atoms with Crippen LogP contribution >= 0.6 is 27.3 Å². The minimum Gasteiger partial charge on any atom is -0.229 e. The fourth-order valence-electron chi connectivity index (χ4n) is 2.20. The molecule has 0 amide bonds. The predicted octanol–water partition coefficient (Wildman–Crippen LogP) is 4.23. The molecule has 1 aromatic carbocycles. The van der Waals surface area contributed by atoms with Gasteiger partial charge in [-0.2, -0.15) is 0 Å². The Bertz CT molecular complexity index is 518. The van der Waals surface area contributed by atoms with Crippen LogP contribution in [-0.4, -0.2) is 4.98 Å². The third kappa shape index (κ3) is 1.45. The molecule has 3 heteroatoms. The zero-order chi connectivity index (χ0) is 10.4. The second kappa shape index (κ2) is 3.42. The van der Waals surface area contributed by atoms with Crippen LogP contribution in [0.5, 0.6) is 0 Å². The standard InChI is InChI=1S/C12H10BrNS/c1-7-6-10-11(14-12(13)15-10)9-5-3-2-4-8(7)9/h2-5,7H,6H2,1H3. The Morgan fingerprint density at radius 1 is 1.40 bits per heavy atom. The number of fused-ring (bicyclic) bond motifs is 3. The minimum absolute atomic E-state index is 0.612. The van der Waals surface area contributed by atoms with Crippen molar-refractivity contribution in [3.63, 3.8) is 0 Å². The molecule has 0 saturated heterocycles. The van der Waals surface area contributed by atoms with Crippen LogP contribution < -0.4 is 0 Å². The number of hydrogen-bond acceptors (Lipinski definition) is 2. The highest BCUT2D eigenvalue weighted by molar-refractivity contribution is 9.11. The fourth-order valence-corrected chi connectivity index (χ4v) is 3.89. The number of aromatic nitrogens is 1. The summed E-state index contributed by atoms with van der Waals surface area (Å²) in [5.41, 5.74) is 3.93. The van der Waals surface area contributed by atoms with Crippen molar-refractivity contribution in [1.82, 2.24) is 4.98 Å². The molecule has 1 aliphatic carbocycles. The second-order valence-corrected chi connectivity index (χ2v) is 6.29. The normalized spacial score (nSPS) is 18.4. The van der Waals surface area contributed by atoms with Gasteiger partial charge in [-0.1, -0.05) is 31.2 Å². The number of nitrogens with zero attached hydrogens (tertiary/aromatic N) is 1. The molecule has 0 spiro atoms. The van der Waals surface area contributed by atoms with Gasteiger partial charge in [-0.05, 0) is 33.8 Å². The third-order valence-corrected chi connectivity index (χ3v) is 4.44. The topological polar surface area (TPSA) is 12.9 Å². The van der Waals surface area contributed by atoms with Gasteiger partial charge in [0.2, 0.25) is 0 Å². The van der Waals surface area contributed by atoms with Gasteiger partial charge < -0.3 is 0 Å². The molecular formula is C12H10BrNS. The van der Waals surface area contributed by atoms with Gasteiger partial charge in [0, 0.05) is 10.4 Å². The summed E-state index contributed by atoms with van der Waals surface area (Å²) in [6, 6.07) is 8.60. The van der Waals surface area contributed by atoms with Crippen molar-refractivity contribution in [2.75, 3.05) is 0 Å². The molecule has 76 valence electrons. The smallest absolute Gasteiger partial charge is 0.160 e. The number of benzene rings is 1. The fraction of sp³-hybridized carbons (Fsp3) is 0.250. The molecule has 0 bridgehead atoms. The summed E-state index contributed by atoms with van der Waals surface area (Å²) in [6.45, 7) is 2.29. The lowest BCUT2D eigenvalue weighted by Crippen LogP contribution is -2.06. The molecule has 15 heavy (non-hydrogen) atoms. The number of thiazole rings is 1. The Morgan fingerprint density at radius 2 is 2.20 bits per heavy atom. The van der Waals surface area contributed by atoms with Gasteiger partial charge in [0.15, 0.2) is 3.92 Å². The highest BCUT2D eigenvalue weighted by Gasteiger charge is 2.24. The summed E-state index contributed by atoms with van der Waals surface area (Å²) in [4.78, 5) is 5.97. The highest BCUT2D eigenvalue weighted by Crippen LogP contribution is 2.42. The van der Waals surface area contributed by atoms with Crippen LogP contribution in [0.25, 0.3) is 11.3 Å². The molecule has 0 aliphatic heterocycles. The monoisotopic (exact) mass is 279 g/mol. The summed E-state index contributed by atoms with van der Waals surface area (Å²) < 4.78 is 0.997. The zero-order valence-corrected chi connectivity index (χ0v) is 10.7. The van der Waals surface area contributed by atoms with E-state index in [0.717, 1.165) is 10.3 Å². The van der Waals surface area contributed by atoms with Crippen molar-refractivity contribution in [2.45, 2.75) is 19.3 Å². The van der Waals surface area contributed by atoms with Crippen LogP contribution in [0.2, 0.25) is 0 Å². The average molecular weight is 280 g/mol. The third-order valence-electron chi connectivity index (χ3n) is 2.91. The maximum Gasteiger partial charge on any atom is 0.160 e. The van der Waals surface area contributed by atoms with Gasteiger partial charge in [-0.25, -0.2) is 4.98 Å². The quantitative estimate of drug-likeness (QED) is 0.703. The number of halogens is 1. The summed E-state index contributed by atoms with van der Waals surface area (Å²) in [6.07, 6.45) is 1.12. The highest BCUT2D eigenvalue weighted by atomic mass is 79.9. The van der Waals surface area contributed by atoms with E-state index < -0.39 is 0 Å². The molecule has 1 atom stereocenters. The van der Waals surface area contributed by atoms with Gasteiger partial charge >= 0.3 is 0 Å². The lowest BCUT2D eigenvalue weighted by molar-refractivity contribution is 0.757. The summed E-state index contributed by atoms with van der Waals surface area (Å²) in [5, 5.41) is 0. The van der Waals surface area contributed by atoms with Crippen LogP contribution in [0.4, 0.5) is 0 Å². The summed E-state index contributed by atoms with van der Waals surface area (Å²) in [7, 11) is 0. The Balaban J connectivity index is 2.29. The first kappa shape index (κ1) is 9.55. The summed E-state index contributed by atoms with van der Waals surface area (Å²) >= 11 is 5.23. The van der Waals surface area contributed by atoms with E-state index in [1.807, 2.05) is 0 Å². The Labute approximate surface area is 101 Å². The molecule has 2 aromatic rings. The van der Waals surface area contributed by atoms with Crippen LogP contribution in [-0.2, 0) is 6.42 Å². The van der Waals surface area contributed by atoms with Crippen molar-refractivity contribution >= 4 is 27.3 Å². The van der Waals surface area contributed by atoms with Crippen molar-refractivity contribution in [2.24, 2.45) is 0 Å². The largest absolute Gasteiger partial charge is 0.229 e. The maximum absolute atomic E-state index is 4.56. The molecule has 3 rings (SSSR count). The van der Waals surface area contributed by atoms with Gasteiger partial charge in [0.25, 0.3) is 0 Å². The molecular weight excluding hydrogens is 270 g/mol. The van der Waals surface area contributed by atoms with E-state index in [2.05, 4.69) is 52.1 Å². The summed E-state index contributed by atoms with van der Waals surface area (Å²) in [5.74, 6) is 0.612.